The second kappa shape index (κ2) is 5.78. The summed E-state index contributed by atoms with van der Waals surface area (Å²) in [4.78, 5) is 0.281. The lowest BCUT2D eigenvalue weighted by atomic mass is 10.1. The normalized spacial score (nSPS) is 10.3. The van der Waals surface area contributed by atoms with Gasteiger partial charge in [0.2, 0.25) is 0 Å². The molecule has 0 unspecified atom stereocenters. The Hall–Kier alpha value is -1.29. The predicted molar refractivity (Wildman–Crippen MR) is 83.6 cm³/mol. The Morgan fingerprint density at radius 3 is 2.32 bits per heavy atom. The molecule has 98 valence electrons. The van der Waals surface area contributed by atoms with Gasteiger partial charge in [0.15, 0.2) is 0 Å². The summed E-state index contributed by atoms with van der Waals surface area (Å²) in [6.45, 7) is 1.96. The van der Waals surface area contributed by atoms with E-state index in [2.05, 4.69) is 0 Å². The molecule has 2 aromatic rings. The van der Waals surface area contributed by atoms with Gasteiger partial charge >= 0.3 is 0 Å². The Bertz CT molecular complexity index is 623. The molecule has 0 amide bonds. The number of hydrogen-bond acceptors (Lipinski definition) is 2. The number of hydrogen-bond donors (Lipinski definition) is 1. The van der Waals surface area contributed by atoms with Crippen LogP contribution < -0.4 is 10.5 Å². The van der Waals surface area contributed by atoms with Gasteiger partial charge in [-0.2, -0.15) is 0 Å². The molecular formula is C14H11Cl2NOS. The van der Waals surface area contributed by atoms with E-state index in [-0.39, 0.29) is 4.99 Å². The highest BCUT2D eigenvalue weighted by Crippen LogP contribution is 2.30. The van der Waals surface area contributed by atoms with Crippen LogP contribution in [0.5, 0.6) is 11.5 Å². The van der Waals surface area contributed by atoms with Crippen LogP contribution in [0.2, 0.25) is 10.0 Å². The molecule has 0 saturated carbocycles. The maximum Gasteiger partial charge on any atom is 0.137 e. The van der Waals surface area contributed by atoms with E-state index in [1.807, 2.05) is 25.1 Å². The van der Waals surface area contributed by atoms with E-state index >= 15 is 0 Å². The average molecular weight is 312 g/mol. The molecule has 0 saturated heterocycles. The maximum atomic E-state index is 5.94. The van der Waals surface area contributed by atoms with Crippen molar-refractivity contribution >= 4 is 40.4 Å². The summed E-state index contributed by atoms with van der Waals surface area (Å²) in [5.41, 5.74) is 7.40. The Balaban J connectivity index is 2.42. The van der Waals surface area contributed by atoms with Gasteiger partial charge in [-0.25, -0.2) is 0 Å². The van der Waals surface area contributed by atoms with Crippen molar-refractivity contribution in [3.8, 4) is 11.5 Å². The summed E-state index contributed by atoms with van der Waals surface area (Å²) < 4.78 is 5.78. The third kappa shape index (κ3) is 3.60. The molecule has 0 atom stereocenters. The molecule has 2 rings (SSSR count). The first kappa shape index (κ1) is 14.1. The summed E-state index contributed by atoms with van der Waals surface area (Å²) in [5, 5.41) is 1.01. The number of benzene rings is 2. The lowest BCUT2D eigenvalue weighted by molar-refractivity contribution is 0.481. The number of halogens is 2. The first-order chi connectivity index (χ1) is 8.95. The number of nitrogens with two attached hydrogens (primary N) is 1. The van der Waals surface area contributed by atoms with Crippen molar-refractivity contribution in [1.82, 2.24) is 0 Å². The Morgan fingerprint density at radius 2 is 1.74 bits per heavy atom. The second-order valence-corrected chi connectivity index (χ2v) is 5.38. The molecule has 0 aromatic heterocycles. The van der Waals surface area contributed by atoms with Gasteiger partial charge in [0.1, 0.15) is 16.5 Å². The quantitative estimate of drug-likeness (QED) is 0.832. The predicted octanol–water partition coefficient (Wildman–Crippen LogP) is 4.73. The molecule has 2 N–H and O–H groups in total. The summed E-state index contributed by atoms with van der Waals surface area (Å²) in [6, 6.07) is 10.6. The number of thiocarbonyl (C=S) groups is 1. The molecule has 19 heavy (non-hydrogen) atoms. The average Bonchev–Trinajstić information content (AvgIpc) is 2.26. The SMILES string of the molecule is Cc1ccc(C(N)=S)c(Oc2cc(Cl)cc(Cl)c2)c1. The molecule has 0 bridgehead atoms. The van der Waals surface area contributed by atoms with E-state index in [9.17, 15) is 0 Å². The van der Waals surface area contributed by atoms with Gasteiger partial charge in [0.25, 0.3) is 0 Å². The standard InChI is InChI=1S/C14H11Cl2NOS/c1-8-2-3-12(14(17)19)13(4-8)18-11-6-9(15)5-10(16)7-11/h2-7H,1H3,(H2,17,19). The molecule has 0 spiro atoms. The van der Waals surface area contributed by atoms with Gasteiger partial charge in [0.05, 0.1) is 5.56 Å². The van der Waals surface area contributed by atoms with Crippen LogP contribution in [0.1, 0.15) is 11.1 Å². The van der Waals surface area contributed by atoms with E-state index in [0.717, 1.165) is 5.56 Å². The van der Waals surface area contributed by atoms with Gasteiger partial charge in [-0.05, 0) is 42.8 Å². The van der Waals surface area contributed by atoms with Gasteiger partial charge < -0.3 is 10.5 Å². The highest BCUT2D eigenvalue weighted by Gasteiger charge is 2.09. The summed E-state index contributed by atoms with van der Waals surface area (Å²) in [5.74, 6) is 1.13. The summed E-state index contributed by atoms with van der Waals surface area (Å²) in [6.07, 6.45) is 0. The van der Waals surface area contributed by atoms with Crippen molar-refractivity contribution in [1.29, 1.82) is 0 Å². The molecule has 0 heterocycles. The number of aryl methyl sites for hydroxylation is 1. The second-order valence-electron chi connectivity index (χ2n) is 4.07. The smallest absolute Gasteiger partial charge is 0.137 e. The lowest BCUT2D eigenvalue weighted by Crippen LogP contribution is -2.10. The van der Waals surface area contributed by atoms with E-state index in [1.165, 1.54) is 0 Å². The molecule has 2 nitrogen and oxygen atoms in total. The van der Waals surface area contributed by atoms with Crippen LogP contribution in [0.25, 0.3) is 0 Å². The van der Waals surface area contributed by atoms with Gasteiger partial charge in [0, 0.05) is 10.0 Å². The Labute approximate surface area is 127 Å². The summed E-state index contributed by atoms with van der Waals surface area (Å²) in [7, 11) is 0. The molecule has 0 aliphatic carbocycles. The van der Waals surface area contributed by atoms with Crippen molar-refractivity contribution in [3.63, 3.8) is 0 Å². The van der Waals surface area contributed by atoms with Gasteiger partial charge in [-0.15, -0.1) is 0 Å². The summed E-state index contributed by atoms with van der Waals surface area (Å²) >= 11 is 16.9. The first-order valence-corrected chi connectivity index (χ1v) is 6.66. The molecule has 0 aliphatic rings. The highest BCUT2D eigenvalue weighted by molar-refractivity contribution is 7.80. The fourth-order valence-electron chi connectivity index (χ4n) is 1.63. The van der Waals surface area contributed by atoms with E-state index in [0.29, 0.717) is 27.1 Å². The third-order valence-electron chi connectivity index (χ3n) is 2.47. The minimum Gasteiger partial charge on any atom is -0.457 e. The molecule has 0 fully saturated rings. The molecule has 2 aromatic carbocycles. The van der Waals surface area contributed by atoms with Crippen molar-refractivity contribution in [3.05, 3.63) is 57.6 Å². The highest BCUT2D eigenvalue weighted by atomic mass is 35.5. The third-order valence-corrected chi connectivity index (χ3v) is 3.12. The van der Waals surface area contributed by atoms with Crippen LogP contribution in [-0.4, -0.2) is 4.99 Å². The number of rotatable bonds is 3. The molecule has 5 heteroatoms. The zero-order chi connectivity index (χ0) is 14.0. The van der Waals surface area contributed by atoms with Crippen molar-refractivity contribution < 1.29 is 4.74 Å². The van der Waals surface area contributed by atoms with Crippen LogP contribution in [0.4, 0.5) is 0 Å². The van der Waals surface area contributed by atoms with Crippen LogP contribution in [-0.2, 0) is 0 Å². The molecule has 0 aliphatic heterocycles. The molecular weight excluding hydrogens is 301 g/mol. The minimum atomic E-state index is 0.281. The fourth-order valence-corrected chi connectivity index (χ4v) is 2.31. The Kier molecular flexibility index (Phi) is 4.30. The van der Waals surface area contributed by atoms with Crippen LogP contribution in [0.15, 0.2) is 36.4 Å². The zero-order valence-corrected chi connectivity index (χ0v) is 12.4. The van der Waals surface area contributed by atoms with E-state index in [1.54, 1.807) is 18.2 Å². The van der Waals surface area contributed by atoms with Crippen molar-refractivity contribution in [2.45, 2.75) is 6.92 Å². The van der Waals surface area contributed by atoms with Crippen molar-refractivity contribution in [2.24, 2.45) is 5.73 Å². The van der Waals surface area contributed by atoms with Gasteiger partial charge in [-0.3, -0.25) is 0 Å². The van der Waals surface area contributed by atoms with E-state index < -0.39 is 0 Å². The van der Waals surface area contributed by atoms with Crippen molar-refractivity contribution in [2.75, 3.05) is 0 Å². The first-order valence-electron chi connectivity index (χ1n) is 5.50. The monoisotopic (exact) mass is 311 g/mol. The maximum absolute atomic E-state index is 5.94. The topological polar surface area (TPSA) is 35.2 Å². The largest absolute Gasteiger partial charge is 0.457 e. The Morgan fingerprint density at radius 1 is 1.11 bits per heavy atom. The lowest BCUT2D eigenvalue weighted by Gasteiger charge is -2.11. The van der Waals surface area contributed by atoms with E-state index in [4.69, 9.17) is 45.9 Å². The van der Waals surface area contributed by atoms with Crippen LogP contribution >= 0.6 is 35.4 Å². The van der Waals surface area contributed by atoms with Gasteiger partial charge in [-0.1, -0.05) is 41.5 Å². The molecule has 0 radical (unpaired) electrons. The fraction of sp³-hybridized carbons (Fsp3) is 0.0714. The van der Waals surface area contributed by atoms with Crippen LogP contribution in [0.3, 0.4) is 0 Å². The zero-order valence-electron chi connectivity index (χ0n) is 10.1. The number of ether oxygens (including phenoxy) is 1. The minimum absolute atomic E-state index is 0.281. The van der Waals surface area contributed by atoms with Crippen LogP contribution in [0, 0.1) is 6.92 Å².